The summed E-state index contributed by atoms with van der Waals surface area (Å²) in [4.78, 5) is 11.2. The van der Waals surface area contributed by atoms with E-state index in [9.17, 15) is 14.3 Å². The van der Waals surface area contributed by atoms with Crippen molar-refractivity contribution in [2.45, 2.75) is 31.8 Å². The standard InChI is InChI=1S/C24H21FO3/c1-24(15-16-4-2-7-21(25)12-16)11-10-19-13-18(8-9-22(19)28-24)17-5-3-6-20(14-17)23(26)27/h2-9,12-14H,10-11,15H2,1H3,(H,26,27)/t24-/m0/s1. The SMILES string of the molecule is C[C@@]1(Cc2cccc(F)c2)CCc2cc(-c3cccc(C(=O)O)c3)ccc2O1. The van der Waals surface area contributed by atoms with Crippen LogP contribution in [-0.4, -0.2) is 16.7 Å². The first-order valence-electron chi connectivity index (χ1n) is 9.32. The van der Waals surface area contributed by atoms with Gasteiger partial charge in [0.2, 0.25) is 0 Å². The van der Waals surface area contributed by atoms with Crippen molar-refractivity contribution in [3.63, 3.8) is 0 Å². The van der Waals surface area contributed by atoms with Crippen LogP contribution >= 0.6 is 0 Å². The molecule has 0 saturated heterocycles. The van der Waals surface area contributed by atoms with Crippen molar-refractivity contribution in [1.29, 1.82) is 0 Å². The molecule has 1 aliphatic rings. The van der Waals surface area contributed by atoms with Gasteiger partial charge in [-0.3, -0.25) is 0 Å². The molecule has 3 aromatic rings. The fraction of sp³-hybridized carbons (Fsp3) is 0.208. The van der Waals surface area contributed by atoms with E-state index in [2.05, 4.69) is 13.0 Å². The van der Waals surface area contributed by atoms with Gasteiger partial charge in [0.25, 0.3) is 0 Å². The molecule has 1 N–H and O–H groups in total. The first kappa shape index (κ1) is 18.2. The van der Waals surface area contributed by atoms with E-state index in [0.29, 0.717) is 6.42 Å². The number of carboxylic acid groups (broad SMARTS) is 1. The summed E-state index contributed by atoms with van der Waals surface area (Å²) < 4.78 is 19.8. The average molecular weight is 376 g/mol. The molecular weight excluding hydrogens is 355 g/mol. The number of fused-ring (bicyclic) bond motifs is 1. The van der Waals surface area contributed by atoms with Crippen molar-refractivity contribution in [2.24, 2.45) is 0 Å². The highest BCUT2D eigenvalue weighted by atomic mass is 19.1. The summed E-state index contributed by atoms with van der Waals surface area (Å²) in [5.41, 5.74) is 3.76. The summed E-state index contributed by atoms with van der Waals surface area (Å²) in [6.45, 7) is 2.06. The first-order chi connectivity index (χ1) is 13.4. The third-order valence-electron chi connectivity index (χ3n) is 5.25. The quantitative estimate of drug-likeness (QED) is 0.652. The van der Waals surface area contributed by atoms with E-state index in [4.69, 9.17) is 4.74 Å². The molecular formula is C24H21FO3. The highest BCUT2D eigenvalue weighted by molar-refractivity contribution is 5.89. The van der Waals surface area contributed by atoms with Gasteiger partial charge < -0.3 is 9.84 Å². The average Bonchev–Trinajstić information content (AvgIpc) is 2.67. The molecule has 1 atom stereocenters. The molecule has 3 nitrogen and oxygen atoms in total. The summed E-state index contributed by atoms with van der Waals surface area (Å²) in [5.74, 6) is -0.329. The number of aryl methyl sites for hydroxylation is 1. The molecule has 0 unspecified atom stereocenters. The molecule has 0 radical (unpaired) electrons. The zero-order valence-corrected chi connectivity index (χ0v) is 15.6. The predicted octanol–water partition coefficient (Wildman–Crippen LogP) is 5.52. The maximum absolute atomic E-state index is 13.5. The van der Waals surface area contributed by atoms with Crippen LogP contribution in [0.3, 0.4) is 0 Å². The minimum atomic E-state index is -0.934. The molecule has 1 heterocycles. The van der Waals surface area contributed by atoms with Crippen molar-refractivity contribution in [2.75, 3.05) is 0 Å². The number of hydrogen-bond acceptors (Lipinski definition) is 2. The smallest absolute Gasteiger partial charge is 0.335 e. The van der Waals surface area contributed by atoms with Crippen molar-refractivity contribution >= 4 is 5.97 Å². The molecule has 4 rings (SSSR count). The monoisotopic (exact) mass is 376 g/mol. The maximum Gasteiger partial charge on any atom is 0.335 e. The molecule has 3 aromatic carbocycles. The lowest BCUT2D eigenvalue weighted by Gasteiger charge is -2.36. The minimum absolute atomic E-state index is 0.231. The normalized spacial score (nSPS) is 18.2. The topological polar surface area (TPSA) is 46.5 Å². The van der Waals surface area contributed by atoms with Crippen LogP contribution in [0.4, 0.5) is 4.39 Å². The van der Waals surface area contributed by atoms with E-state index in [0.717, 1.165) is 40.8 Å². The molecule has 0 fully saturated rings. The van der Waals surface area contributed by atoms with E-state index >= 15 is 0 Å². The number of aromatic carboxylic acids is 1. The molecule has 0 amide bonds. The molecule has 0 saturated carbocycles. The van der Waals surface area contributed by atoms with Crippen LogP contribution in [0.1, 0.15) is 34.8 Å². The molecule has 0 aromatic heterocycles. The fourth-order valence-electron chi connectivity index (χ4n) is 3.80. The van der Waals surface area contributed by atoms with Crippen LogP contribution in [-0.2, 0) is 12.8 Å². The van der Waals surface area contributed by atoms with Crippen LogP contribution < -0.4 is 4.74 Å². The lowest BCUT2D eigenvalue weighted by molar-refractivity contribution is 0.0653. The number of ether oxygens (including phenoxy) is 1. The number of carboxylic acids is 1. The Balaban J connectivity index is 1.57. The highest BCUT2D eigenvalue weighted by Crippen LogP contribution is 2.37. The molecule has 142 valence electrons. The van der Waals surface area contributed by atoms with Gasteiger partial charge in [0.1, 0.15) is 17.2 Å². The second-order valence-corrected chi connectivity index (χ2v) is 7.57. The number of hydrogen-bond donors (Lipinski definition) is 1. The Morgan fingerprint density at radius 3 is 2.64 bits per heavy atom. The Labute approximate surface area is 163 Å². The van der Waals surface area contributed by atoms with Gasteiger partial charge in [-0.1, -0.05) is 30.3 Å². The van der Waals surface area contributed by atoms with Crippen molar-refractivity contribution in [1.82, 2.24) is 0 Å². The summed E-state index contributed by atoms with van der Waals surface area (Å²) in [5, 5.41) is 9.20. The number of rotatable bonds is 4. The Hall–Kier alpha value is -3.14. The minimum Gasteiger partial charge on any atom is -0.487 e. The molecule has 1 aliphatic heterocycles. The van der Waals surface area contributed by atoms with Crippen LogP contribution in [0.15, 0.2) is 66.7 Å². The Morgan fingerprint density at radius 2 is 1.86 bits per heavy atom. The van der Waals surface area contributed by atoms with Crippen LogP contribution in [0.5, 0.6) is 5.75 Å². The summed E-state index contributed by atoms with van der Waals surface area (Å²) in [6.07, 6.45) is 2.33. The number of benzene rings is 3. The second kappa shape index (κ2) is 7.12. The van der Waals surface area contributed by atoms with Gasteiger partial charge in [-0.15, -0.1) is 0 Å². The highest BCUT2D eigenvalue weighted by Gasteiger charge is 2.32. The van der Waals surface area contributed by atoms with Crippen LogP contribution in [0.25, 0.3) is 11.1 Å². The predicted molar refractivity (Wildman–Crippen MR) is 106 cm³/mol. The van der Waals surface area contributed by atoms with Crippen molar-refractivity contribution in [3.05, 3.63) is 89.2 Å². The molecule has 0 aliphatic carbocycles. The van der Waals surface area contributed by atoms with Gasteiger partial charge in [-0.05, 0) is 78.4 Å². The van der Waals surface area contributed by atoms with Gasteiger partial charge in [0.05, 0.1) is 5.56 Å². The molecule has 0 bridgehead atoms. The lowest BCUT2D eigenvalue weighted by atomic mass is 9.86. The summed E-state index contributed by atoms with van der Waals surface area (Å²) in [6, 6.07) is 19.6. The van der Waals surface area contributed by atoms with Gasteiger partial charge in [-0.2, -0.15) is 0 Å². The molecule has 28 heavy (non-hydrogen) atoms. The van der Waals surface area contributed by atoms with Gasteiger partial charge >= 0.3 is 5.97 Å². The number of halogens is 1. The second-order valence-electron chi connectivity index (χ2n) is 7.57. The maximum atomic E-state index is 13.5. The van der Waals surface area contributed by atoms with Crippen molar-refractivity contribution in [3.8, 4) is 16.9 Å². The van der Waals surface area contributed by atoms with E-state index in [1.807, 2.05) is 24.3 Å². The van der Waals surface area contributed by atoms with Gasteiger partial charge in [-0.25, -0.2) is 9.18 Å². The van der Waals surface area contributed by atoms with E-state index < -0.39 is 5.97 Å². The Kier molecular flexibility index (Phi) is 4.63. The third kappa shape index (κ3) is 3.77. The lowest BCUT2D eigenvalue weighted by Crippen LogP contribution is -2.38. The molecule has 4 heteroatoms. The van der Waals surface area contributed by atoms with E-state index in [-0.39, 0.29) is 17.0 Å². The zero-order chi connectivity index (χ0) is 19.7. The van der Waals surface area contributed by atoms with E-state index in [1.165, 1.54) is 6.07 Å². The van der Waals surface area contributed by atoms with E-state index in [1.54, 1.807) is 30.3 Å². The van der Waals surface area contributed by atoms with Gasteiger partial charge in [0, 0.05) is 6.42 Å². The summed E-state index contributed by atoms with van der Waals surface area (Å²) >= 11 is 0. The van der Waals surface area contributed by atoms with Crippen LogP contribution in [0.2, 0.25) is 0 Å². The van der Waals surface area contributed by atoms with Crippen LogP contribution in [0, 0.1) is 5.82 Å². The largest absolute Gasteiger partial charge is 0.487 e. The number of carbonyl (C=O) groups is 1. The molecule has 0 spiro atoms. The van der Waals surface area contributed by atoms with Gasteiger partial charge in [0.15, 0.2) is 0 Å². The first-order valence-corrected chi connectivity index (χ1v) is 9.32. The summed E-state index contributed by atoms with van der Waals surface area (Å²) in [7, 11) is 0. The Morgan fingerprint density at radius 1 is 1.07 bits per heavy atom. The third-order valence-corrected chi connectivity index (χ3v) is 5.25. The van der Waals surface area contributed by atoms with Crippen molar-refractivity contribution < 1.29 is 19.0 Å². The fourth-order valence-corrected chi connectivity index (χ4v) is 3.80. The Bertz CT molecular complexity index is 1040. The zero-order valence-electron chi connectivity index (χ0n) is 15.6.